The Kier molecular flexibility index (Phi) is 2.76. The molecule has 0 radical (unpaired) electrons. The number of amides is 1. The molecule has 1 atom stereocenters. The lowest BCUT2D eigenvalue weighted by Crippen LogP contribution is -2.42. The highest BCUT2D eigenvalue weighted by molar-refractivity contribution is 6.18. The molecule has 4 heteroatoms. The summed E-state index contributed by atoms with van der Waals surface area (Å²) < 4.78 is 0. The Morgan fingerprint density at radius 2 is 2.45 bits per heavy atom. The molecule has 0 aliphatic carbocycles. The van der Waals surface area contributed by atoms with Crippen molar-refractivity contribution in [2.45, 2.75) is 12.5 Å². The van der Waals surface area contributed by atoms with E-state index in [-0.39, 0.29) is 6.04 Å². The minimum Gasteiger partial charge on any atom is -0.465 e. The highest BCUT2D eigenvalue weighted by atomic mass is 35.5. The van der Waals surface area contributed by atoms with Gasteiger partial charge in [0.05, 0.1) is 6.04 Å². The van der Waals surface area contributed by atoms with E-state index in [2.05, 4.69) is 0 Å². The first-order chi connectivity index (χ1) is 5.25. The quantitative estimate of drug-likeness (QED) is 0.485. The number of nitrogens with zero attached hydrogens (tertiary/aromatic N) is 1. The van der Waals surface area contributed by atoms with Gasteiger partial charge in [0.15, 0.2) is 0 Å². The van der Waals surface area contributed by atoms with E-state index in [9.17, 15) is 4.79 Å². The van der Waals surface area contributed by atoms with Crippen molar-refractivity contribution in [1.29, 1.82) is 0 Å². The van der Waals surface area contributed by atoms with Crippen molar-refractivity contribution in [3.63, 3.8) is 0 Å². The van der Waals surface area contributed by atoms with E-state index in [0.29, 0.717) is 12.4 Å². The maximum Gasteiger partial charge on any atom is 0.407 e. The largest absolute Gasteiger partial charge is 0.465 e. The SMILES string of the molecule is O=C(O)N1CC=CCC1CCl. The summed E-state index contributed by atoms with van der Waals surface area (Å²) in [6.07, 6.45) is 3.65. The average Bonchev–Trinajstić information content (AvgIpc) is 2.04. The first-order valence-electron chi connectivity index (χ1n) is 3.46. The molecule has 0 saturated heterocycles. The van der Waals surface area contributed by atoms with Crippen molar-refractivity contribution in [2.24, 2.45) is 0 Å². The fourth-order valence-electron chi connectivity index (χ4n) is 1.10. The van der Waals surface area contributed by atoms with Gasteiger partial charge in [0.1, 0.15) is 0 Å². The zero-order valence-electron chi connectivity index (χ0n) is 6.03. The Hall–Kier alpha value is -0.700. The van der Waals surface area contributed by atoms with E-state index >= 15 is 0 Å². The summed E-state index contributed by atoms with van der Waals surface area (Å²) in [5.74, 6) is 0.372. The van der Waals surface area contributed by atoms with Crippen molar-refractivity contribution < 1.29 is 9.90 Å². The lowest BCUT2D eigenvalue weighted by molar-refractivity contribution is 0.133. The molecule has 1 heterocycles. The van der Waals surface area contributed by atoms with Gasteiger partial charge >= 0.3 is 6.09 Å². The molecule has 1 aliphatic heterocycles. The molecule has 1 unspecified atom stereocenters. The van der Waals surface area contributed by atoms with Crippen LogP contribution in [-0.2, 0) is 0 Å². The monoisotopic (exact) mass is 175 g/mol. The van der Waals surface area contributed by atoms with Gasteiger partial charge in [0.2, 0.25) is 0 Å². The molecule has 0 aromatic rings. The second-order valence-electron chi connectivity index (χ2n) is 2.45. The smallest absolute Gasteiger partial charge is 0.407 e. The summed E-state index contributed by atoms with van der Waals surface area (Å²) in [6.45, 7) is 0.465. The number of halogens is 1. The molecule has 0 saturated carbocycles. The molecule has 0 spiro atoms. The summed E-state index contributed by atoms with van der Waals surface area (Å²) in [6, 6.07) is -0.0424. The van der Waals surface area contributed by atoms with Crippen LogP contribution in [0.2, 0.25) is 0 Å². The molecule has 1 rings (SSSR count). The van der Waals surface area contributed by atoms with Gasteiger partial charge in [-0.05, 0) is 6.42 Å². The Bertz CT molecular complexity index is 181. The highest BCUT2D eigenvalue weighted by Gasteiger charge is 2.22. The van der Waals surface area contributed by atoms with Gasteiger partial charge in [0, 0.05) is 12.4 Å². The summed E-state index contributed by atoms with van der Waals surface area (Å²) in [7, 11) is 0. The topological polar surface area (TPSA) is 40.5 Å². The van der Waals surface area contributed by atoms with E-state index in [4.69, 9.17) is 16.7 Å². The first kappa shape index (κ1) is 8.40. The molecule has 1 N–H and O–H groups in total. The van der Waals surface area contributed by atoms with E-state index in [0.717, 1.165) is 6.42 Å². The minimum absolute atomic E-state index is 0.0424. The molecule has 1 aliphatic rings. The van der Waals surface area contributed by atoms with Gasteiger partial charge in [-0.2, -0.15) is 0 Å². The lowest BCUT2D eigenvalue weighted by atomic mass is 10.1. The van der Waals surface area contributed by atoms with Crippen LogP contribution in [0.5, 0.6) is 0 Å². The Morgan fingerprint density at radius 3 is 2.91 bits per heavy atom. The van der Waals surface area contributed by atoms with Crippen LogP contribution < -0.4 is 0 Å². The van der Waals surface area contributed by atoms with Gasteiger partial charge in [-0.15, -0.1) is 11.6 Å². The molecule has 0 aromatic heterocycles. The van der Waals surface area contributed by atoms with Gasteiger partial charge < -0.3 is 10.0 Å². The number of hydrogen-bond acceptors (Lipinski definition) is 1. The predicted molar refractivity (Wildman–Crippen MR) is 43.0 cm³/mol. The van der Waals surface area contributed by atoms with Gasteiger partial charge in [0.25, 0.3) is 0 Å². The second kappa shape index (κ2) is 3.62. The number of carboxylic acid groups (broad SMARTS) is 1. The van der Waals surface area contributed by atoms with Crippen molar-refractivity contribution in [3.8, 4) is 0 Å². The fraction of sp³-hybridized carbons (Fsp3) is 0.571. The minimum atomic E-state index is -0.889. The van der Waals surface area contributed by atoms with Crippen molar-refractivity contribution in [3.05, 3.63) is 12.2 Å². The standard InChI is InChI=1S/C7H10ClNO2/c8-5-6-3-1-2-4-9(6)7(10)11/h1-2,6H,3-5H2,(H,10,11). The van der Waals surface area contributed by atoms with Crippen molar-refractivity contribution >= 4 is 17.7 Å². The summed E-state index contributed by atoms with van der Waals surface area (Å²) in [5, 5.41) is 8.67. The van der Waals surface area contributed by atoms with Crippen LogP contribution in [0.3, 0.4) is 0 Å². The van der Waals surface area contributed by atoms with Crippen LogP contribution in [-0.4, -0.2) is 34.6 Å². The van der Waals surface area contributed by atoms with Crippen molar-refractivity contribution in [2.75, 3.05) is 12.4 Å². The molecule has 62 valence electrons. The summed E-state index contributed by atoms with van der Waals surface area (Å²) >= 11 is 5.58. The van der Waals surface area contributed by atoms with E-state index < -0.39 is 6.09 Å². The lowest BCUT2D eigenvalue weighted by Gasteiger charge is -2.28. The third-order valence-electron chi connectivity index (χ3n) is 1.74. The zero-order valence-corrected chi connectivity index (χ0v) is 6.79. The third-order valence-corrected chi connectivity index (χ3v) is 2.10. The highest BCUT2D eigenvalue weighted by Crippen LogP contribution is 2.12. The van der Waals surface area contributed by atoms with Gasteiger partial charge in [-0.25, -0.2) is 4.79 Å². The van der Waals surface area contributed by atoms with E-state index in [1.165, 1.54) is 4.90 Å². The number of alkyl halides is 1. The Labute approximate surface area is 70.3 Å². The zero-order chi connectivity index (χ0) is 8.27. The maximum atomic E-state index is 10.6. The van der Waals surface area contributed by atoms with Crippen LogP contribution in [0.15, 0.2) is 12.2 Å². The van der Waals surface area contributed by atoms with Crippen LogP contribution in [0.1, 0.15) is 6.42 Å². The van der Waals surface area contributed by atoms with E-state index in [1.807, 2.05) is 12.2 Å². The van der Waals surface area contributed by atoms with Crippen LogP contribution in [0, 0.1) is 0 Å². The molecule has 1 amide bonds. The first-order valence-corrected chi connectivity index (χ1v) is 3.99. The average molecular weight is 176 g/mol. The van der Waals surface area contributed by atoms with Crippen LogP contribution in [0.25, 0.3) is 0 Å². The summed E-state index contributed by atoms with van der Waals surface area (Å²) in [4.78, 5) is 11.9. The maximum absolute atomic E-state index is 10.6. The Balaban J connectivity index is 2.61. The summed E-state index contributed by atoms with van der Waals surface area (Å²) in [5.41, 5.74) is 0. The van der Waals surface area contributed by atoms with Crippen LogP contribution >= 0.6 is 11.6 Å². The van der Waals surface area contributed by atoms with Gasteiger partial charge in [-0.3, -0.25) is 0 Å². The third kappa shape index (κ3) is 1.87. The Morgan fingerprint density at radius 1 is 1.73 bits per heavy atom. The molecule has 0 aromatic carbocycles. The van der Waals surface area contributed by atoms with Crippen molar-refractivity contribution in [1.82, 2.24) is 4.90 Å². The van der Waals surface area contributed by atoms with E-state index in [1.54, 1.807) is 0 Å². The predicted octanol–water partition coefficient (Wildman–Crippen LogP) is 1.53. The molecule has 3 nitrogen and oxygen atoms in total. The second-order valence-corrected chi connectivity index (χ2v) is 2.76. The number of hydrogen-bond donors (Lipinski definition) is 1. The molecular weight excluding hydrogens is 166 g/mol. The normalized spacial score (nSPS) is 23.7. The van der Waals surface area contributed by atoms with Gasteiger partial charge in [-0.1, -0.05) is 12.2 Å². The molecule has 11 heavy (non-hydrogen) atoms. The number of carbonyl (C=O) groups is 1. The van der Waals surface area contributed by atoms with Crippen LogP contribution in [0.4, 0.5) is 4.79 Å². The fourth-order valence-corrected chi connectivity index (χ4v) is 1.39. The molecule has 0 fully saturated rings. The molecular formula is C7H10ClNO2. The molecule has 0 bridgehead atoms. The number of rotatable bonds is 1.